The zero-order valence-electron chi connectivity index (χ0n) is 25.2. The fourth-order valence-electron chi connectivity index (χ4n) is 11.8. The number of nitrogens with zero attached hydrogens (tertiary/aromatic N) is 1. The maximum atomic E-state index is 13.9. The molecule has 8 nitrogen and oxygen atoms in total. The van der Waals surface area contributed by atoms with E-state index in [9.17, 15) is 25.2 Å². The second kappa shape index (κ2) is 10.8. The third kappa shape index (κ3) is 4.60. The first-order valence-electron chi connectivity index (χ1n) is 16.8. The first-order valence-corrected chi connectivity index (χ1v) is 16.8. The lowest BCUT2D eigenvalue weighted by Crippen LogP contribution is -2.60. The largest absolute Gasteiger partial charge is 0.394 e. The van der Waals surface area contributed by atoms with E-state index < -0.39 is 37.3 Å². The van der Waals surface area contributed by atoms with Crippen molar-refractivity contribution in [3.05, 3.63) is 0 Å². The van der Waals surface area contributed by atoms with E-state index >= 15 is 0 Å². The first-order chi connectivity index (χ1) is 19.6. The third-order valence-electron chi connectivity index (χ3n) is 13.9. The number of piperidine rings is 2. The summed E-state index contributed by atoms with van der Waals surface area (Å²) in [5, 5.41) is 40.4. The summed E-state index contributed by atoms with van der Waals surface area (Å²) >= 11 is 0. The number of ketones is 1. The van der Waals surface area contributed by atoms with Gasteiger partial charge in [-0.1, -0.05) is 20.8 Å². The molecule has 7 fully saturated rings. The molecule has 3 aliphatic heterocycles. The van der Waals surface area contributed by atoms with Gasteiger partial charge in [-0.25, -0.2) is 0 Å². The van der Waals surface area contributed by atoms with Gasteiger partial charge in [0, 0.05) is 31.5 Å². The second-order valence-corrected chi connectivity index (χ2v) is 15.8. The molecule has 7 rings (SSSR count). The Hall–Kier alpha value is -0.610. The Morgan fingerprint density at radius 3 is 2.46 bits per heavy atom. The van der Waals surface area contributed by atoms with Crippen molar-refractivity contribution in [2.24, 2.45) is 58.7 Å². The van der Waals surface area contributed by atoms with Crippen molar-refractivity contribution in [1.29, 1.82) is 0 Å². The highest BCUT2D eigenvalue weighted by Crippen LogP contribution is 2.66. The van der Waals surface area contributed by atoms with Gasteiger partial charge in [-0.2, -0.15) is 0 Å². The Labute approximate surface area is 245 Å². The molecule has 7 aliphatic rings. The molecule has 232 valence electrons. The minimum Gasteiger partial charge on any atom is -0.394 e. The van der Waals surface area contributed by atoms with Crippen molar-refractivity contribution < 1.29 is 34.7 Å². The van der Waals surface area contributed by atoms with E-state index in [0.717, 1.165) is 48.5 Å². The number of rotatable bonds is 3. The first kappa shape index (κ1) is 29.1. The maximum Gasteiger partial charge on any atom is 0.186 e. The van der Waals surface area contributed by atoms with Crippen LogP contribution < -0.4 is 0 Å². The zero-order valence-corrected chi connectivity index (χ0v) is 25.2. The van der Waals surface area contributed by atoms with E-state index in [1.807, 2.05) is 0 Å². The van der Waals surface area contributed by atoms with Gasteiger partial charge in [-0.15, -0.1) is 0 Å². The summed E-state index contributed by atoms with van der Waals surface area (Å²) in [5.41, 5.74) is -0.0233. The molecular formula is C33H53NO7. The van der Waals surface area contributed by atoms with Crippen LogP contribution >= 0.6 is 0 Å². The van der Waals surface area contributed by atoms with Crippen molar-refractivity contribution >= 4 is 5.78 Å². The highest BCUT2D eigenvalue weighted by Gasteiger charge is 2.63. The van der Waals surface area contributed by atoms with Crippen molar-refractivity contribution in [1.82, 2.24) is 4.90 Å². The average Bonchev–Trinajstić information content (AvgIpc) is 3.34. The number of carbonyl (C=O) groups excluding carboxylic acids is 1. The van der Waals surface area contributed by atoms with Crippen LogP contribution in [-0.4, -0.2) is 93.7 Å². The molecule has 0 spiro atoms. The molecular weight excluding hydrogens is 522 g/mol. The summed E-state index contributed by atoms with van der Waals surface area (Å²) in [6.07, 6.45) is 3.05. The Kier molecular flexibility index (Phi) is 7.66. The van der Waals surface area contributed by atoms with Crippen LogP contribution in [-0.2, 0) is 14.3 Å². The van der Waals surface area contributed by atoms with Crippen molar-refractivity contribution in [3.63, 3.8) is 0 Å². The van der Waals surface area contributed by atoms with Crippen molar-refractivity contribution in [2.45, 2.75) is 121 Å². The second-order valence-electron chi connectivity index (χ2n) is 15.8. The van der Waals surface area contributed by atoms with Crippen LogP contribution in [0.5, 0.6) is 0 Å². The molecule has 3 saturated heterocycles. The number of hydrogen-bond donors (Lipinski definition) is 4. The van der Waals surface area contributed by atoms with E-state index in [1.165, 1.54) is 45.2 Å². The normalized spacial score (nSPS) is 57.2. The minimum atomic E-state index is -1.45. The van der Waals surface area contributed by atoms with Crippen LogP contribution in [0.25, 0.3) is 0 Å². The maximum absolute atomic E-state index is 13.9. The molecule has 0 bridgehead atoms. The summed E-state index contributed by atoms with van der Waals surface area (Å²) < 4.78 is 11.8. The van der Waals surface area contributed by atoms with E-state index in [4.69, 9.17) is 9.47 Å². The molecule has 41 heavy (non-hydrogen) atoms. The Morgan fingerprint density at radius 1 is 0.902 bits per heavy atom. The average molecular weight is 576 g/mol. The molecule has 0 unspecified atom stereocenters. The van der Waals surface area contributed by atoms with Crippen LogP contribution in [0.2, 0.25) is 0 Å². The molecule has 0 radical (unpaired) electrons. The number of Topliss-reactive ketones (excluding diaryl/α,β-unsaturated/α-hetero) is 1. The van der Waals surface area contributed by atoms with Gasteiger partial charge < -0.3 is 29.9 Å². The number of hydrogen-bond acceptors (Lipinski definition) is 8. The summed E-state index contributed by atoms with van der Waals surface area (Å²) in [7, 11) is 0. The fraction of sp³-hybridized carbons (Fsp3) is 0.970. The summed E-state index contributed by atoms with van der Waals surface area (Å²) in [5.74, 6) is 6.08. The standard InChI is InChI=1S/C33H53NO7/c1-16-4-7-26-17(2)19-5-6-20-21(23(19)14-34(26)13-16)11-24-22(20)12-27(36)25-10-18(8-9-33(24,25)3)40-32-31(39)30(38)29(37)28(15-35)41-32/h16-26,28-32,35,37-39H,4-15H2,1-3H3/t16-,17+,18+,19-,20+,21+,22-,23-,24-,25+,26+,28+,29+,30-,31+,32+,33+/m0/s1. The number of aliphatic hydroxyl groups is 4. The lowest BCUT2D eigenvalue weighted by atomic mass is 9.51. The summed E-state index contributed by atoms with van der Waals surface area (Å²) in [6, 6.07) is 0.773. The number of aliphatic hydroxyl groups excluding tert-OH is 4. The molecule has 4 aliphatic carbocycles. The number of ether oxygens (including phenoxy) is 2. The number of carbonyl (C=O) groups is 1. The zero-order chi connectivity index (χ0) is 28.8. The molecule has 17 atom stereocenters. The van der Waals surface area contributed by atoms with Gasteiger partial charge in [0.05, 0.1) is 12.7 Å². The number of fused-ring (bicyclic) bond motifs is 8. The van der Waals surface area contributed by atoms with Gasteiger partial charge in [0.25, 0.3) is 0 Å². The Morgan fingerprint density at radius 2 is 1.68 bits per heavy atom. The summed E-state index contributed by atoms with van der Waals surface area (Å²) in [4.78, 5) is 16.7. The highest BCUT2D eigenvalue weighted by atomic mass is 16.7. The van der Waals surface area contributed by atoms with E-state index in [0.29, 0.717) is 36.4 Å². The summed E-state index contributed by atoms with van der Waals surface area (Å²) in [6.45, 7) is 9.41. The highest BCUT2D eigenvalue weighted by molar-refractivity contribution is 5.83. The quantitative estimate of drug-likeness (QED) is 0.379. The Balaban J connectivity index is 1.06. The van der Waals surface area contributed by atoms with Gasteiger partial charge >= 0.3 is 0 Å². The fourth-order valence-corrected chi connectivity index (χ4v) is 11.8. The molecule has 0 aromatic heterocycles. The molecule has 0 amide bonds. The molecule has 4 saturated carbocycles. The minimum absolute atomic E-state index is 0.0233. The van der Waals surface area contributed by atoms with Crippen LogP contribution in [0.4, 0.5) is 0 Å². The SMILES string of the molecule is C[C@H]1CC[C@@H]2[C@H](C)[C@@H]3CC[C@@H]4[C@@H](C[C@H]5[C@H]4CC(=O)[C@H]4C[C@H](O[C@@H]6O[C@H](CO)[C@@H](O)[C@H](O)[C@H]6O)CC[C@@]45C)[C@H]3CN2C1. The van der Waals surface area contributed by atoms with Crippen LogP contribution in [0.3, 0.4) is 0 Å². The Bertz CT molecular complexity index is 991. The van der Waals surface area contributed by atoms with Gasteiger partial charge in [0.1, 0.15) is 30.2 Å². The molecule has 0 aromatic carbocycles. The molecule has 8 heteroatoms. The predicted octanol–water partition coefficient (Wildman–Crippen LogP) is 2.60. The third-order valence-corrected chi connectivity index (χ3v) is 13.9. The lowest BCUT2D eigenvalue weighted by Gasteiger charge is -2.56. The van der Waals surface area contributed by atoms with Crippen LogP contribution in [0.1, 0.15) is 78.6 Å². The smallest absolute Gasteiger partial charge is 0.186 e. The van der Waals surface area contributed by atoms with Gasteiger partial charge in [-0.05, 0) is 104 Å². The lowest BCUT2D eigenvalue weighted by molar-refractivity contribution is -0.315. The van der Waals surface area contributed by atoms with Gasteiger partial charge in [-0.3, -0.25) is 9.69 Å². The van der Waals surface area contributed by atoms with Gasteiger partial charge in [0.15, 0.2) is 6.29 Å². The van der Waals surface area contributed by atoms with E-state index in [-0.39, 0.29) is 17.4 Å². The molecule has 4 N–H and O–H groups in total. The molecule has 0 aromatic rings. The van der Waals surface area contributed by atoms with E-state index in [2.05, 4.69) is 25.7 Å². The monoisotopic (exact) mass is 575 g/mol. The van der Waals surface area contributed by atoms with Crippen LogP contribution in [0.15, 0.2) is 0 Å². The predicted molar refractivity (Wildman–Crippen MR) is 151 cm³/mol. The molecule has 3 heterocycles. The van der Waals surface area contributed by atoms with Gasteiger partial charge in [0.2, 0.25) is 0 Å². The topological polar surface area (TPSA) is 120 Å². The van der Waals surface area contributed by atoms with Crippen LogP contribution in [0, 0.1) is 58.7 Å². The van der Waals surface area contributed by atoms with Crippen molar-refractivity contribution in [3.8, 4) is 0 Å². The van der Waals surface area contributed by atoms with E-state index in [1.54, 1.807) is 0 Å². The van der Waals surface area contributed by atoms with Crippen molar-refractivity contribution in [2.75, 3.05) is 19.7 Å².